The molecule has 0 spiro atoms. The summed E-state index contributed by atoms with van der Waals surface area (Å²) in [6, 6.07) is 11.4. The van der Waals surface area contributed by atoms with E-state index >= 15 is 0 Å². The molecule has 2 aromatic rings. The molecule has 15 heteroatoms. The van der Waals surface area contributed by atoms with Crippen molar-refractivity contribution in [1.29, 1.82) is 0 Å². The van der Waals surface area contributed by atoms with E-state index in [2.05, 4.69) is 10.6 Å². The Labute approximate surface area is 287 Å². The molecule has 14 nitrogen and oxygen atoms in total. The molecule has 0 fully saturated rings. The van der Waals surface area contributed by atoms with Gasteiger partial charge in [-0.15, -0.1) is 0 Å². The number of nitrogens with zero attached hydrogens (tertiary/aromatic N) is 2. The van der Waals surface area contributed by atoms with Crippen molar-refractivity contribution in [3.63, 3.8) is 0 Å². The van der Waals surface area contributed by atoms with E-state index in [0.717, 1.165) is 57.7 Å². The first-order valence-electron chi connectivity index (χ1n) is 14.8. The fourth-order valence-corrected chi connectivity index (χ4v) is 4.64. The minimum Gasteiger partial charge on any atom is -0.549 e. The smallest absolute Gasteiger partial charge is 0.238 e. The van der Waals surface area contributed by atoms with Crippen LogP contribution in [0.3, 0.4) is 0 Å². The monoisotopic (exact) mass is 737 g/mol. The molecular formula is C32H40N4O10Tc-4. The summed E-state index contributed by atoms with van der Waals surface area (Å²) in [7, 11) is 0. The van der Waals surface area contributed by atoms with Crippen LogP contribution in [0, 0.1) is 0 Å². The van der Waals surface area contributed by atoms with Crippen molar-refractivity contribution in [2.24, 2.45) is 0 Å². The van der Waals surface area contributed by atoms with Gasteiger partial charge in [-0.1, -0.05) is 64.1 Å². The van der Waals surface area contributed by atoms with Gasteiger partial charge in [-0.25, -0.2) is 0 Å². The second-order valence-corrected chi connectivity index (χ2v) is 10.2. The number of benzene rings is 2. The zero-order chi connectivity index (χ0) is 34.8. The number of carboxylic acids is 4. The normalized spacial score (nSPS) is 10.3. The first kappa shape index (κ1) is 42.8. The largest absolute Gasteiger partial charge is 0.549 e. The van der Waals surface area contributed by atoms with Gasteiger partial charge in [0.2, 0.25) is 11.8 Å². The third kappa shape index (κ3) is 16.3. The van der Waals surface area contributed by atoms with Gasteiger partial charge < -0.3 is 50.2 Å². The zero-order valence-corrected chi connectivity index (χ0v) is 28.7. The maximum atomic E-state index is 12.1. The number of hydrogen-bond donors (Lipinski definition) is 2. The topological polar surface area (TPSA) is 225 Å². The third-order valence-corrected chi connectivity index (χ3v) is 6.67. The summed E-state index contributed by atoms with van der Waals surface area (Å²) < 4.78 is 0. The van der Waals surface area contributed by atoms with E-state index in [0.29, 0.717) is 11.4 Å². The van der Waals surface area contributed by atoms with Crippen LogP contribution in [0.2, 0.25) is 0 Å². The first-order valence-corrected chi connectivity index (χ1v) is 14.8. The van der Waals surface area contributed by atoms with Crippen LogP contribution in [0.4, 0.5) is 11.4 Å². The van der Waals surface area contributed by atoms with E-state index in [1.807, 2.05) is 64.1 Å². The third-order valence-electron chi connectivity index (χ3n) is 6.67. The van der Waals surface area contributed by atoms with E-state index < -0.39 is 61.9 Å². The van der Waals surface area contributed by atoms with Crippen LogP contribution in [0.5, 0.6) is 0 Å². The molecule has 2 N–H and O–H groups in total. The van der Waals surface area contributed by atoms with Crippen LogP contribution in [-0.2, 0) is 74.6 Å². The quantitative estimate of drug-likeness (QED) is 0.157. The molecule has 47 heavy (non-hydrogen) atoms. The molecule has 0 aliphatic rings. The number of anilines is 2. The van der Waals surface area contributed by atoms with Crippen LogP contribution in [0.25, 0.3) is 0 Å². The van der Waals surface area contributed by atoms with Gasteiger partial charge in [-0.3, -0.25) is 19.4 Å². The Hall–Kier alpha value is -4.17. The molecule has 0 unspecified atom stereocenters. The van der Waals surface area contributed by atoms with Gasteiger partial charge in [-0.05, 0) is 47.9 Å². The van der Waals surface area contributed by atoms with Gasteiger partial charge >= 0.3 is 0 Å². The van der Waals surface area contributed by atoms with Crippen molar-refractivity contribution in [2.75, 3.05) is 49.9 Å². The Morgan fingerprint density at radius 2 is 0.723 bits per heavy atom. The van der Waals surface area contributed by atoms with Crippen LogP contribution in [0.1, 0.15) is 49.9 Å². The van der Waals surface area contributed by atoms with Gasteiger partial charge in [0, 0.05) is 57.7 Å². The molecule has 2 aromatic carbocycles. The number of para-hydroxylation sites is 2. The van der Waals surface area contributed by atoms with Gasteiger partial charge in [0.25, 0.3) is 0 Å². The van der Waals surface area contributed by atoms with Crippen molar-refractivity contribution in [1.82, 2.24) is 9.80 Å². The summed E-state index contributed by atoms with van der Waals surface area (Å²) in [5.41, 5.74) is 5.25. The number of carbonyl (C=O) groups is 6. The number of nitrogens with one attached hydrogen (secondary N) is 2. The average Bonchev–Trinajstić information content (AvgIpc) is 2.96. The standard InChI is InChI=1S/2C16H22N2O5.Tc/c2*1-3-11-6-5-7-12(4-2)16(11)17-13(19)8-18(9-14(20)21)10-15(22)23;/h2*5-7H,3-4,8-10H2,1-2H3,(H,17,19)(H,20,21)(H,22,23);/p-4. The van der Waals surface area contributed by atoms with Crippen molar-refractivity contribution >= 4 is 47.1 Å². The molecule has 0 saturated heterocycles. The Balaban J connectivity index is 0.000000882. The summed E-state index contributed by atoms with van der Waals surface area (Å²) in [6.45, 7) is 4.48. The van der Waals surface area contributed by atoms with Gasteiger partial charge in [0.15, 0.2) is 0 Å². The maximum Gasteiger partial charge on any atom is 0.238 e. The minimum absolute atomic E-state index is 0. The van der Waals surface area contributed by atoms with E-state index in [1.54, 1.807) is 0 Å². The molecule has 2 rings (SSSR count). The Morgan fingerprint density at radius 1 is 0.489 bits per heavy atom. The maximum absolute atomic E-state index is 12.1. The number of rotatable bonds is 18. The Morgan fingerprint density at radius 3 is 0.915 bits per heavy atom. The van der Waals surface area contributed by atoms with Gasteiger partial charge in [0.05, 0.1) is 37.0 Å². The van der Waals surface area contributed by atoms with Crippen molar-refractivity contribution in [3.05, 3.63) is 58.7 Å². The van der Waals surface area contributed by atoms with E-state index in [1.165, 1.54) is 0 Å². The predicted octanol–water partition coefficient (Wildman–Crippen LogP) is -2.90. The molecule has 0 heterocycles. The van der Waals surface area contributed by atoms with Crippen LogP contribution < -0.4 is 31.1 Å². The Kier molecular flexibility index (Phi) is 20.4. The van der Waals surface area contributed by atoms with Crippen LogP contribution in [0.15, 0.2) is 36.4 Å². The number of amides is 2. The Bertz CT molecular complexity index is 1210. The number of aryl methyl sites for hydroxylation is 4. The fourth-order valence-electron chi connectivity index (χ4n) is 4.64. The molecule has 0 aliphatic carbocycles. The summed E-state index contributed by atoms with van der Waals surface area (Å²) in [6.07, 6.45) is 2.91. The summed E-state index contributed by atoms with van der Waals surface area (Å²) in [5, 5.41) is 48.0. The molecule has 0 saturated carbocycles. The zero-order valence-electron chi connectivity index (χ0n) is 26.9. The van der Waals surface area contributed by atoms with Crippen molar-refractivity contribution < 1.29 is 69.3 Å². The molecule has 0 atom stereocenters. The first-order chi connectivity index (χ1) is 21.7. The second kappa shape index (κ2) is 22.4. The number of carbonyl (C=O) groups excluding carboxylic acids is 6. The van der Waals surface area contributed by atoms with Crippen molar-refractivity contribution in [3.8, 4) is 0 Å². The van der Waals surface area contributed by atoms with E-state index in [9.17, 15) is 49.2 Å². The van der Waals surface area contributed by atoms with Crippen LogP contribution in [-0.4, -0.2) is 84.8 Å². The second-order valence-electron chi connectivity index (χ2n) is 10.2. The minimum atomic E-state index is -1.46. The number of carboxylic acid groups (broad SMARTS) is 4. The molecule has 259 valence electrons. The fraction of sp³-hybridized carbons (Fsp3) is 0.438. The molecule has 1 radical (unpaired) electrons. The van der Waals surface area contributed by atoms with E-state index in [-0.39, 0.29) is 33.2 Å². The van der Waals surface area contributed by atoms with Crippen molar-refractivity contribution in [2.45, 2.75) is 53.4 Å². The number of hydrogen-bond acceptors (Lipinski definition) is 12. The summed E-state index contributed by atoms with van der Waals surface area (Å²) in [4.78, 5) is 68.7. The van der Waals surface area contributed by atoms with Gasteiger partial charge in [0.1, 0.15) is 0 Å². The predicted molar refractivity (Wildman–Crippen MR) is 161 cm³/mol. The molecule has 0 bridgehead atoms. The molecule has 0 aromatic heterocycles. The molecular weight excluding hydrogens is 698 g/mol. The number of aliphatic carboxylic acids is 4. The average molecular weight is 739 g/mol. The SMILES string of the molecule is CCc1cccc(CC)c1NC(=O)CN(CC(=O)[O-])CC(=O)[O-].CCc1cccc(CC)c1NC(=O)CN(CC(=O)[O-])CC(=O)[O-].[Tc]. The van der Waals surface area contributed by atoms with E-state index in [4.69, 9.17) is 0 Å². The molecule has 2 amide bonds. The molecule has 0 aliphatic heterocycles. The van der Waals surface area contributed by atoms with Crippen LogP contribution >= 0.6 is 0 Å². The van der Waals surface area contributed by atoms with Gasteiger partial charge in [-0.2, -0.15) is 0 Å². The summed E-state index contributed by atoms with van der Waals surface area (Å²) >= 11 is 0. The summed E-state index contributed by atoms with van der Waals surface area (Å²) in [5.74, 6) is -6.79.